The van der Waals surface area contributed by atoms with Crippen LogP contribution in [0, 0.1) is 0 Å². The summed E-state index contributed by atoms with van der Waals surface area (Å²) in [5.74, 6) is -0.399. The van der Waals surface area contributed by atoms with Gasteiger partial charge in [-0.05, 0) is 59.8 Å². The van der Waals surface area contributed by atoms with Gasteiger partial charge in [-0.15, -0.1) is 0 Å². The van der Waals surface area contributed by atoms with Crippen LogP contribution in [0.25, 0.3) is 17.2 Å². The number of rotatable bonds is 3. The molecule has 1 atom stereocenters. The Morgan fingerprint density at radius 2 is 1.63 bits per heavy atom. The summed E-state index contributed by atoms with van der Waals surface area (Å²) < 4.78 is 0. The van der Waals surface area contributed by atoms with Crippen molar-refractivity contribution in [1.29, 1.82) is 0 Å². The zero-order valence-electron chi connectivity index (χ0n) is 15.5. The second kappa shape index (κ2) is 8.58. The molecule has 1 heterocycles. The number of anilines is 1. The molecule has 4 nitrogen and oxygen atoms in total. The molecule has 1 fully saturated rings. The van der Waals surface area contributed by atoms with Crippen LogP contribution in [0.3, 0.4) is 0 Å². The van der Waals surface area contributed by atoms with Crippen molar-refractivity contribution in [3.63, 3.8) is 0 Å². The van der Waals surface area contributed by atoms with E-state index in [1.54, 1.807) is 30.3 Å². The molecule has 1 unspecified atom stereocenters. The van der Waals surface area contributed by atoms with Crippen molar-refractivity contribution in [1.82, 2.24) is 5.32 Å². The summed E-state index contributed by atoms with van der Waals surface area (Å²) in [6, 6.07) is 21.9. The number of carbonyl (C=O) groups is 1. The maximum absolute atomic E-state index is 13.1. The highest BCUT2D eigenvalue weighted by Gasteiger charge is 2.34. The van der Waals surface area contributed by atoms with Crippen LogP contribution in [0.15, 0.2) is 78.4 Å². The number of benzene rings is 3. The first-order valence-corrected chi connectivity index (χ1v) is 10.3. The smallest absolute Gasteiger partial charge is 0.265 e. The number of hydrogen-bond acceptors (Lipinski definition) is 3. The van der Waals surface area contributed by atoms with Gasteiger partial charge in [0.2, 0.25) is 0 Å². The van der Waals surface area contributed by atoms with Crippen LogP contribution in [-0.4, -0.2) is 22.4 Å². The third-order valence-corrected chi connectivity index (χ3v) is 5.59. The number of hydrogen-bond donors (Lipinski definition) is 2. The van der Waals surface area contributed by atoms with Crippen molar-refractivity contribution >= 4 is 58.2 Å². The third-order valence-electron chi connectivity index (χ3n) is 4.71. The molecule has 0 radical (unpaired) electrons. The number of aliphatic hydroxyl groups excluding tert-OH is 1. The van der Waals surface area contributed by atoms with E-state index in [4.69, 9.17) is 35.4 Å². The van der Waals surface area contributed by atoms with Gasteiger partial charge >= 0.3 is 0 Å². The van der Waals surface area contributed by atoms with Gasteiger partial charge in [-0.2, -0.15) is 0 Å². The van der Waals surface area contributed by atoms with Gasteiger partial charge in [-0.3, -0.25) is 9.69 Å². The third kappa shape index (κ3) is 4.11. The quantitative estimate of drug-likeness (QED) is 0.417. The van der Waals surface area contributed by atoms with Crippen LogP contribution in [0.1, 0.15) is 5.56 Å². The molecule has 3 aromatic carbocycles. The molecule has 3 aromatic rings. The molecule has 0 aliphatic carbocycles. The van der Waals surface area contributed by atoms with Crippen molar-refractivity contribution in [2.45, 2.75) is 6.23 Å². The highest BCUT2D eigenvalue weighted by atomic mass is 35.5. The van der Waals surface area contributed by atoms with E-state index in [-0.39, 0.29) is 10.7 Å². The molecule has 2 N–H and O–H groups in total. The lowest BCUT2D eigenvalue weighted by atomic mass is 10.0. The molecule has 30 heavy (non-hydrogen) atoms. The van der Waals surface area contributed by atoms with Crippen LogP contribution >= 0.6 is 35.4 Å². The number of halogens is 2. The fourth-order valence-electron chi connectivity index (χ4n) is 3.20. The fraction of sp³-hybridized carbons (Fsp3) is 0.0435. The maximum Gasteiger partial charge on any atom is 0.265 e. The van der Waals surface area contributed by atoms with Crippen LogP contribution in [0.5, 0.6) is 0 Å². The Morgan fingerprint density at radius 3 is 2.30 bits per heavy atom. The number of nitrogens with one attached hydrogen (secondary N) is 1. The Balaban J connectivity index is 1.65. The molecule has 0 aromatic heterocycles. The molecule has 1 amide bonds. The van der Waals surface area contributed by atoms with E-state index >= 15 is 0 Å². The number of carbonyl (C=O) groups excluding carboxylic acids is 1. The van der Waals surface area contributed by atoms with Gasteiger partial charge in [0.15, 0.2) is 11.3 Å². The molecule has 7 heteroatoms. The monoisotopic (exact) mass is 454 g/mol. The Labute approximate surface area is 189 Å². The first-order chi connectivity index (χ1) is 14.4. The summed E-state index contributed by atoms with van der Waals surface area (Å²) in [5.41, 5.74) is 3.39. The largest absolute Gasteiger partial charge is 0.369 e. The average Bonchev–Trinajstić information content (AvgIpc) is 2.73. The van der Waals surface area contributed by atoms with E-state index in [0.29, 0.717) is 15.7 Å². The Kier molecular flexibility index (Phi) is 5.88. The van der Waals surface area contributed by atoms with E-state index in [2.05, 4.69) is 5.32 Å². The molecule has 4 rings (SSSR count). The predicted octanol–water partition coefficient (Wildman–Crippen LogP) is 5.28. The minimum atomic E-state index is -1.20. The minimum absolute atomic E-state index is 0.126. The van der Waals surface area contributed by atoms with Crippen molar-refractivity contribution in [2.75, 3.05) is 4.90 Å². The summed E-state index contributed by atoms with van der Waals surface area (Å²) in [7, 11) is 0. The second-order valence-corrected chi connectivity index (χ2v) is 7.90. The van der Waals surface area contributed by atoms with Gasteiger partial charge in [0.05, 0.1) is 11.3 Å². The molecule has 1 aliphatic heterocycles. The second-order valence-electron chi connectivity index (χ2n) is 6.67. The van der Waals surface area contributed by atoms with Crippen molar-refractivity contribution in [2.24, 2.45) is 0 Å². The summed E-state index contributed by atoms with van der Waals surface area (Å²) in [6.07, 6.45) is 0.443. The lowest BCUT2D eigenvalue weighted by Crippen LogP contribution is -2.56. The topological polar surface area (TPSA) is 52.6 Å². The van der Waals surface area contributed by atoms with Gasteiger partial charge in [0.25, 0.3) is 5.91 Å². The molecule has 0 saturated carbocycles. The first-order valence-electron chi connectivity index (χ1n) is 9.09. The lowest BCUT2D eigenvalue weighted by Gasteiger charge is -2.33. The summed E-state index contributed by atoms with van der Waals surface area (Å²) >= 11 is 17.5. The van der Waals surface area contributed by atoms with Crippen molar-refractivity contribution in [3.05, 3.63) is 94.0 Å². The van der Waals surface area contributed by atoms with E-state index in [9.17, 15) is 9.90 Å². The van der Waals surface area contributed by atoms with Gasteiger partial charge in [-0.1, -0.05) is 65.7 Å². The molecule has 0 spiro atoms. The lowest BCUT2D eigenvalue weighted by molar-refractivity contribution is -0.115. The first kappa shape index (κ1) is 20.6. The molecular weight excluding hydrogens is 439 g/mol. The molecule has 0 bridgehead atoms. The molecule has 150 valence electrons. The molecule has 1 saturated heterocycles. The van der Waals surface area contributed by atoms with Gasteiger partial charge in [-0.25, -0.2) is 0 Å². The average molecular weight is 455 g/mol. The van der Waals surface area contributed by atoms with E-state index in [0.717, 1.165) is 16.7 Å². The Bertz CT molecular complexity index is 1140. The summed E-state index contributed by atoms with van der Waals surface area (Å²) in [4.78, 5) is 14.4. The zero-order chi connectivity index (χ0) is 21.3. The van der Waals surface area contributed by atoms with Gasteiger partial charge in [0, 0.05) is 15.6 Å². The van der Waals surface area contributed by atoms with Gasteiger partial charge < -0.3 is 10.4 Å². The Hall–Kier alpha value is -2.70. The number of nitrogens with zero attached hydrogens (tertiary/aromatic N) is 1. The fourth-order valence-corrected chi connectivity index (χ4v) is 3.87. The summed E-state index contributed by atoms with van der Waals surface area (Å²) in [5, 5.41) is 14.5. The van der Waals surface area contributed by atoms with E-state index in [1.807, 2.05) is 48.5 Å². The predicted molar refractivity (Wildman–Crippen MR) is 126 cm³/mol. The highest BCUT2D eigenvalue weighted by Crippen LogP contribution is 2.29. The zero-order valence-corrected chi connectivity index (χ0v) is 17.9. The van der Waals surface area contributed by atoms with Crippen molar-refractivity contribution < 1.29 is 9.90 Å². The maximum atomic E-state index is 13.1. The molecule has 1 aliphatic rings. The summed E-state index contributed by atoms with van der Waals surface area (Å²) in [6.45, 7) is 0. The number of amides is 1. The van der Waals surface area contributed by atoms with Crippen LogP contribution in [-0.2, 0) is 4.79 Å². The van der Waals surface area contributed by atoms with E-state index in [1.165, 1.54) is 4.90 Å². The van der Waals surface area contributed by atoms with Crippen LogP contribution in [0.4, 0.5) is 5.69 Å². The number of thiocarbonyl (C=S) groups is 1. The SMILES string of the molecule is O=C1/C(=C/c2ccc(-c3ccccc3Cl)cc2)C(O)NC(=S)N1c1ccc(Cl)cc1. The van der Waals surface area contributed by atoms with Crippen LogP contribution in [0.2, 0.25) is 10.0 Å². The van der Waals surface area contributed by atoms with Gasteiger partial charge in [0.1, 0.15) is 0 Å². The van der Waals surface area contributed by atoms with Crippen LogP contribution < -0.4 is 10.2 Å². The van der Waals surface area contributed by atoms with E-state index < -0.39 is 12.1 Å². The van der Waals surface area contributed by atoms with Crippen molar-refractivity contribution in [3.8, 4) is 11.1 Å². The number of aliphatic hydroxyl groups is 1. The highest BCUT2D eigenvalue weighted by molar-refractivity contribution is 7.80. The molecular formula is C23H16Cl2N2O2S. The minimum Gasteiger partial charge on any atom is -0.369 e. The Morgan fingerprint density at radius 1 is 0.967 bits per heavy atom. The standard InChI is InChI=1S/C23H16Cl2N2O2S/c24-16-9-11-17(12-10-16)27-22(29)19(21(28)26-23(27)30)13-14-5-7-15(8-6-14)18-3-1-2-4-20(18)25/h1-13,21,28H,(H,26,30)/b19-13+. The normalized spacial score (nSPS) is 17.9.